The Morgan fingerprint density at radius 3 is 2.61 bits per heavy atom. The summed E-state index contributed by atoms with van der Waals surface area (Å²) in [7, 11) is 2.12. The Hall–Kier alpha value is -3.53. The molecule has 1 saturated heterocycles. The zero-order valence-electron chi connectivity index (χ0n) is 22.6. The van der Waals surface area contributed by atoms with Crippen molar-refractivity contribution in [2.75, 3.05) is 38.6 Å². The quantitative estimate of drug-likeness (QED) is 0.380. The third kappa shape index (κ3) is 6.48. The molecule has 1 fully saturated rings. The number of anilines is 2. The van der Waals surface area contributed by atoms with Crippen LogP contribution in [0.5, 0.6) is 5.75 Å². The predicted octanol–water partition coefficient (Wildman–Crippen LogP) is 3.36. The highest BCUT2D eigenvalue weighted by Gasteiger charge is 2.22. The van der Waals surface area contributed by atoms with Crippen molar-refractivity contribution in [2.24, 2.45) is 0 Å². The summed E-state index contributed by atoms with van der Waals surface area (Å²) < 4.78 is 5.78. The summed E-state index contributed by atoms with van der Waals surface area (Å²) in [4.78, 5) is 24.4. The number of rotatable bonds is 7. The lowest BCUT2D eigenvalue weighted by Crippen LogP contribution is -2.43. The summed E-state index contributed by atoms with van der Waals surface area (Å²) in [6, 6.07) is 16.2. The van der Waals surface area contributed by atoms with Gasteiger partial charge in [0, 0.05) is 60.9 Å². The molecule has 38 heavy (non-hydrogen) atoms. The summed E-state index contributed by atoms with van der Waals surface area (Å²) in [5.74, 6) is 2.39. The second-order valence-electron chi connectivity index (χ2n) is 11.1. The monoisotopic (exact) mass is 515 g/mol. The first-order valence-corrected chi connectivity index (χ1v) is 13.2. The number of hydrogen-bond donors (Lipinski definition) is 4. The van der Waals surface area contributed by atoms with Crippen LogP contribution in [0.25, 0.3) is 11.4 Å². The van der Waals surface area contributed by atoms with Gasteiger partial charge in [-0.2, -0.15) is 0 Å². The zero-order valence-corrected chi connectivity index (χ0v) is 22.6. The van der Waals surface area contributed by atoms with Gasteiger partial charge in [0.15, 0.2) is 12.4 Å². The molecule has 0 spiro atoms. The molecule has 0 bridgehead atoms. The van der Waals surface area contributed by atoms with Crippen molar-refractivity contribution in [2.45, 2.75) is 45.2 Å². The lowest BCUT2D eigenvalue weighted by Gasteiger charge is -2.26. The summed E-state index contributed by atoms with van der Waals surface area (Å²) in [5, 5.41) is 6.48. The van der Waals surface area contributed by atoms with Crippen LogP contribution in [-0.4, -0.2) is 59.6 Å². The van der Waals surface area contributed by atoms with E-state index in [4.69, 9.17) is 14.7 Å². The lowest BCUT2D eigenvalue weighted by atomic mass is 10.00. The minimum atomic E-state index is -0.304. The number of ether oxygens (including phenoxy) is 1. The average Bonchev–Trinajstić information content (AvgIpc) is 3.42. The van der Waals surface area contributed by atoms with Gasteiger partial charge in [-0.05, 0) is 57.6 Å². The number of hydrogen-bond acceptors (Lipinski definition) is 8. The van der Waals surface area contributed by atoms with Crippen LogP contribution in [0.2, 0.25) is 0 Å². The number of aromatic nitrogens is 2. The largest absolute Gasteiger partial charge is 0.484 e. The maximum Gasteiger partial charge on any atom is 0.258 e. The van der Waals surface area contributed by atoms with Gasteiger partial charge in [-0.3, -0.25) is 15.6 Å². The van der Waals surface area contributed by atoms with Gasteiger partial charge in [-0.1, -0.05) is 24.3 Å². The van der Waals surface area contributed by atoms with Crippen molar-refractivity contribution >= 4 is 17.4 Å². The van der Waals surface area contributed by atoms with E-state index in [-0.39, 0.29) is 18.1 Å². The fourth-order valence-corrected chi connectivity index (χ4v) is 4.78. The number of benzene rings is 2. The SMILES string of the molecule is CN1CCc2nc(-c3cccc(OCC(=O)NC(C)(C)C)c3)nc(Nc3ccc(C4CNNC4)cc3)c2C1. The molecule has 9 nitrogen and oxygen atoms in total. The molecule has 2 aliphatic heterocycles. The molecule has 0 radical (unpaired) electrons. The van der Waals surface area contributed by atoms with Crippen LogP contribution in [0.15, 0.2) is 48.5 Å². The Bertz CT molecular complexity index is 1280. The molecule has 3 heterocycles. The third-order valence-corrected chi connectivity index (χ3v) is 6.69. The smallest absolute Gasteiger partial charge is 0.258 e. The molecular weight excluding hydrogens is 478 g/mol. The number of carbonyl (C=O) groups is 1. The first-order valence-electron chi connectivity index (χ1n) is 13.2. The molecule has 4 N–H and O–H groups in total. The van der Waals surface area contributed by atoms with Gasteiger partial charge in [0.2, 0.25) is 0 Å². The maximum atomic E-state index is 12.2. The van der Waals surface area contributed by atoms with Crippen molar-refractivity contribution < 1.29 is 9.53 Å². The van der Waals surface area contributed by atoms with E-state index in [0.717, 1.165) is 60.9 Å². The molecule has 2 aliphatic rings. The maximum absolute atomic E-state index is 12.2. The number of amides is 1. The van der Waals surface area contributed by atoms with Crippen molar-refractivity contribution in [3.63, 3.8) is 0 Å². The van der Waals surface area contributed by atoms with Crippen LogP contribution >= 0.6 is 0 Å². The van der Waals surface area contributed by atoms with Gasteiger partial charge in [0.1, 0.15) is 11.6 Å². The van der Waals surface area contributed by atoms with Gasteiger partial charge in [0.05, 0.1) is 5.69 Å². The lowest BCUT2D eigenvalue weighted by molar-refractivity contribution is -0.124. The van der Waals surface area contributed by atoms with E-state index in [1.54, 1.807) is 0 Å². The minimum Gasteiger partial charge on any atom is -0.484 e. The fourth-order valence-electron chi connectivity index (χ4n) is 4.78. The molecule has 9 heteroatoms. The molecule has 0 unspecified atom stereocenters. The van der Waals surface area contributed by atoms with Gasteiger partial charge in [-0.25, -0.2) is 9.97 Å². The van der Waals surface area contributed by atoms with E-state index in [1.807, 2.05) is 45.0 Å². The summed E-state index contributed by atoms with van der Waals surface area (Å²) in [6.45, 7) is 9.41. The van der Waals surface area contributed by atoms with Gasteiger partial charge < -0.3 is 20.3 Å². The first-order chi connectivity index (χ1) is 18.2. The Morgan fingerprint density at radius 2 is 1.87 bits per heavy atom. The molecule has 0 saturated carbocycles. The van der Waals surface area contributed by atoms with Crippen LogP contribution in [0.3, 0.4) is 0 Å². The number of nitrogens with zero attached hydrogens (tertiary/aromatic N) is 3. The second kappa shape index (κ2) is 11.1. The van der Waals surface area contributed by atoms with Crippen molar-refractivity contribution in [3.8, 4) is 17.1 Å². The Balaban J connectivity index is 1.38. The number of carbonyl (C=O) groups excluding carboxylic acids is 1. The standard InChI is InChI=1S/C29H37N7O2/c1-29(2,3)35-26(37)18-38-23-7-5-6-20(14-23)27-33-25-12-13-36(4)17-24(25)28(34-27)32-22-10-8-19(9-11-22)21-15-30-31-16-21/h5-11,14,21,30-31H,12-13,15-18H2,1-4H3,(H,35,37)(H,32,33,34). The number of fused-ring (bicyclic) bond motifs is 1. The van der Waals surface area contributed by atoms with Crippen molar-refractivity contribution in [3.05, 3.63) is 65.4 Å². The highest BCUT2D eigenvalue weighted by atomic mass is 16.5. The topological polar surface area (TPSA) is 103 Å². The van der Waals surface area contributed by atoms with Crippen molar-refractivity contribution in [1.29, 1.82) is 0 Å². The summed E-state index contributed by atoms with van der Waals surface area (Å²) in [6.07, 6.45) is 0.861. The van der Waals surface area contributed by atoms with E-state index in [1.165, 1.54) is 5.56 Å². The van der Waals surface area contributed by atoms with E-state index in [9.17, 15) is 4.79 Å². The summed E-state index contributed by atoms with van der Waals surface area (Å²) >= 11 is 0. The Labute approximate surface area is 224 Å². The molecule has 0 aliphatic carbocycles. The Morgan fingerprint density at radius 1 is 1.11 bits per heavy atom. The van der Waals surface area contributed by atoms with E-state index in [0.29, 0.717) is 17.5 Å². The van der Waals surface area contributed by atoms with E-state index < -0.39 is 0 Å². The highest BCUT2D eigenvalue weighted by Crippen LogP contribution is 2.30. The molecule has 1 aromatic heterocycles. The van der Waals surface area contributed by atoms with Crippen LogP contribution in [0.1, 0.15) is 43.5 Å². The van der Waals surface area contributed by atoms with Gasteiger partial charge in [0.25, 0.3) is 5.91 Å². The highest BCUT2D eigenvalue weighted by molar-refractivity contribution is 5.78. The second-order valence-corrected chi connectivity index (χ2v) is 11.1. The predicted molar refractivity (Wildman–Crippen MR) is 149 cm³/mol. The van der Waals surface area contributed by atoms with Gasteiger partial charge in [-0.15, -0.1) is 0 Å². The zero-order chi connectivity index (χ0) is 26.7. The number of hydrazine groups is 1. The van der Waals surface area contributed by atoms with Crippen LogP contribution < -0.4 is 26.2 Å². The molecule has 5 rings (SSSR count). The number of likely N-dealkylation sites (N-methyl/N-ethyl adjacent to an activating group) is 1. The third-order valence-electron chi connectivity index (χ3n) is 6.69. The molecule has 0 atom stereocenters. The van der Waals surface area contributed by atoms with E-state index >= 15 is 0 Å². The van der Waals surface area contributed by atoms with Crippen LogP contribution in [0, 0.1) is 0 Å². The van der Waals surface area contributed by atoms with Crippen LogP contribution in [0.4, 0.5) is 11.5 Å². The van der Waals surface area contributed by atoms with Gasteiger partial charge >= 0.3 is 0 Å². The Kier molecular flexibility index (Phi) is 7.60. The van der Waals surface area contributed by atoms with Crippen LogP contribution in [-0.2, 0) is 17.8 Å². The fraction of sp³-hybridized carbons (Fsp3) is 0.414. The van der Waals surface area contributed by atoms with E-state index in [2.05, 4.69) is 57.7 Å². The van der Waals surface area contributed by atoms with Crippen molar-refractivity contribution in [1.82, 2.24) is 31.0 Å². The number of nitrogens with one attached hydrogen (secondary N) is 4. The first kappa shape index (κ1) is 26.1. The minimum absolute atomic E-state index is 0.0477. The summed E-state index contributed by atoms with van der Waals surface area (Å²) in [5.41, 5.74) is 11.4. The molecular formula is C29H37N7O2. The molecule has 1 amide bonds. The average molecular weight is 516 g/mol. The molecule has 200 valence electrons. The molecule has 3 aromatic rings. The molecule has 2 aromatic carbocycles. The normalized spacial score (nSPS) is 16.2.